The predicted molar refractivity (Wildman–Crippen MR) is 116 cm³/mol. The van der Waals surface area contributed by atoms with Crippen LogP contribution in [0, 0.1) is 10.1 Å². The van der Waals surface area contributed by atoms with Crippen molar-refractivity contribution in [3.8, 4) is 0 Å². The predicted octanol–water partition coefficient (Wildman–Crippen LogP) is 3.87. The number of nitro groups is 1. The van der Waals surface area contributed by atoms with Gasteiger partial charge in [0.2, 0.25) is 0 Å². The Hall–Kier alpha value is -2.46. The van der Waals surface area contributed by atoms with E-state index in [1.165, 1.54) is 12.1 Å². The molecule has 2 aromatic rings. The number of halogens is 2. The van der Waals surface area contributed by atoms with Gasteiger partial charge in [0.1, 0.15) is 5.69 Å². The topological polar surface area (TPSA) is 96.7 Å². The number of carbonyl (C=O) groups excluding carboxylic acids is 1. The maximum atomic E-state index is 12.5. The summed E-state index contributed by atoms with van der Waals surface area (Å²) in [4.78, 5) is 25.4. The molecule has 11 heteroatoms. The Morgan fingerprint density at radius 1 is 1.17 bits per heavy atom. The third kappa shape index (κ3) is 5.33. The number of nitrogens with one attached hydrogen (secondary N) is 2. The SMILES string of the molecule is O=C(NC(=S)Nc1cc(Cl)ccc1Cl)c1ccc(N2CCOCC2)c([N+](=O)[O-])c1. The first-order chi connectivity index (χ1) is 13.8. The summed E-state index contributed by atoms with van der Waals surface area (Å²) in [6, 6.07) is 9.07. The normalized spacial score (nSPS) is 13.7. The maximum absolute atomic E-state index is 12.5. The summed E-state index contributed by atoms with van der Waals surface area (Å²) in [7, 11) is 0. The number of ether oxygens (including phenoxy) is 1. The lowest BCUT2D eigenvalue weighted by atomic mass is 10.1. The fraction of sp³-hybridized carbons (Fsp3) is 0.222. The van der Waals surface area contributed by atoms with Crippen LogP contribution in [-0.4, -0.2) is 42.2 Å². The Labute approximate surface area is 181 Å². The molecule has 1 fully saturated rings. The van der Waals surface area contributed by atoms with Gasteiger partial charge in [-0.05, 0) is 42.5 Å². The van der Waals surface area contributed by atoms with Gasteiger partial charge in [-0.15, -0.1) is 0 Å². The first-order valence-corrected chi connectivity index (χ1v) is 9.70. The Bertz CT molecular complexity index is 967. The highest BCUT2D eigenvalue weighted by atomic mass is 35.5. The number of hydrogen-bond donors (Lipinski definition) is 2. The summed E-state index contributed by atoms with van der Waals surface area (Å²) in [5.74, 6) is -0.586. The molecule has 0 aromatic heterocycles. The van der Waals surface area contributed by atoms with E-state index >= 15 is 0 Å². The number of nitrogens with zero attached hydrogens (tertiary/aromatic N) is 2. The molecular weight excluding hydrogens is 439 g/mol. The lowest BCUT2D eigenvalue weighted by Gasteiger charge is -2.28. The second-order valence-corrected chi connectivity index (χ2v) is 7.34. The highest BCUT2D eigenvalue weighted by molar-refractivity contribution is 7.80. The minimum Gasteiger partial charge on any atom is -0.378 e. The Kier molecular flexibility index (Phi) is 6.86. The monoisotopic (exact) mass is 454 g/mol. The number of hydrogen-bond acceptors (Lipinski definition) is 6. The van der Waals surface area contributed by atoms with Gasteiger partial charge in [0.15, 0.2) is 5.11 Å². The van der Waals surface area contributed by atoms with Crippen LogP contribution in [0.25, 0.3) is 0 Å². The standard InChI is InChI=1S/C18H16Cl2N4O4S/c19-12-2-3-13(20)14(10-12)21-18(29)22-17(25)11-1-4-15(16(9-11)24(26)27)23-5-7-28-8-6-23/h1-4,9-10H,5-8H2,(H2,21,22,25,29). The van der Waals surface area contributed by atoms with Crippen LogP contribution in [0.4, 0.5) is 17.1 Å². The van der Waals surface area contributed by atoms with Gasteiger partial charge in [0.25, 0.3) is 11.6 Å². The molecule has 0 unspecified atom stereocenters. The number of amides is 1. The van der Waals surface area contributed by atoms with Crippen molar-refractivity contribution in [3.63, 3.8) is 0 Å². The number of benzene rings is 2. The van der Waals surface area contributed by atoms with Crippen molar-refractivity contribution in [2.75, 3.05) is 36.5 Å². The highest BCUT2D eigenvalue weighted by Crippen LogP contribution is 2.30. The van der Waals surface area contributed by atoms with Gasteiger partial charge < -0.3 is 15.0 Å². The maximum Gasteiger partial charge on any atom is 0.293 e. The van der Waals surface area contributed by atoms with Crippen LogP contribution in [0.3, 0.4) is 0 Å². The molecule has 0 spiro atoms. The molecule has 1 heterocycles. The summed E-state index contributed by atoms with van der Waals surface area (Å²) in [6.07, 6.45) is 0. The molecule has 1 aliphatic rings. The zero-order valence-corrected chi connectivity index (χ0v) is 17.3. The molecule has 1 amide bonds. The molecule has 3 rings (SSSR count). The van der Waals surface area contributed by atoms with E-state index in [0.717, 1.165) is 0 Å². The molecule has 8 nitrogen and oxygen atoms in total. The number of carbonyl (C=O) groups is 1. The molecule has 2 N–H and O–H groups in total. The third-order valence-electron chi connectivity index (χ3n) is 4.19. The van der Waals surface area contributed by atoms with Gasteiger partial charge in [-0.1, -0.05) is 23.2 Å². The van der Waals surface area contributed by atoms with Crippen molar-refractivity contribution in [1.82, 2.24) is 5.32 Å². The molecule has 1 saturated heterocycles. The molecule has 0 aliphatic carbocycles. The average molecular weight is 455 g/mol. The van der Waals surface area contributed by atoms with E-state index in [4.69, 9.17) is 40.2 Å². The minimum atomic E-state index is -0.586. The van der Waals surface area contributed by atoms with E-state index < -0.39 is 10.8 Å². The fourth-order valence-corrected chi connectivity index (χ4v) is 3.34. The molecule has 152 valence electrons. The summed E-state index contributed by atoms with van der Waals surface area (Å²) in [5, 5.41) is 17.6. The largest absolute Gasteiger partial charge is 0.378 e. The summed E-state index contributed by atoms with van der Waals surface area (Å²) in [6.45, 7) is 2.07. The summed E-state index contributed by atoms with van der Waals surface area (Å²) in [5.41, 5.74) is 0.825. The smallest absolute Gasteiger partial charge is 0.293 e. The van der Waals surface area contributed by atoms with Crippen LogP contribution < -0.4 is 15.5 Å². The van der Waals surface area contributed by atoms with Crippen molar-refractivity contribution < 1.29 is 14.5 Å². The second kappa shape index (κ2) is 9.36. The van der Waals surface area contributed by atoms with Gasteiger partial charge >= 0.3 is 0 Å². The second-order valence-electron chi connectivity index (χ2n) is 6.09. The van der Waals surface area contributed by atoms with E-state index in [9.17, 15) is 14.9 Å². The molecule has 2 aromatic carbocycles. The zero-order valence-electron chi connectivity index (χ0n) is 15.0. The van der Waals surface area contributed by atoms with E-state index in [0.29, 0.717) is 47.7 Å². The molecule has 0 radical (unpaired) electrons. The first-order valence-electron chi connectivity index (χ1n) is 8.53. The molecule has 0 bridgehead atoms. The van der Waals surface area contributed by atoms with Crippen LogP contribution in [0.2, 0.25) is 10.0 Å². The van der Waals surface area contributed by atoms with Crippen LogP contribution in [0.5, 0.6) is 0 Å². The lowest BCUT2D eigenvalue weighted by Crippen LogP contribution is -2.37. The van der Waals surface area contributed by atoms with Crippen molar-refractivity contribution in [2.45, 2.75) is 0 Å². The molecular formula is C18H16Cl2N4O4S. The Morgan fingerprint density at radius 3 is 2.59 bits per heavy atom. The lowest BCUT2D eigenvalue weighted by molar-refractivity contribution is -0.384. The van der Waals surface area contributed by atoms with E-state index in [2.05, 4.69) is 10.6 Å². The van der Waals surface area contributed by atoms with Crippen LogP contribution in [0.15, 0.2) is 36.4 Å². The molecule has 0 atom stereocenters. The first kappa shape index (κ1) is 21.3. The van der Waals surface area contributed by atoms with Gasteiger partial charge in [-0.2, -0.15) is 0 Å². The fourth-order valence-electron chi connectivity index (χ4n) is 2.80. The van der Waals surface area contributed by atoms with Gasteiger partial charge in [-0.3, -0.25) is 20.2 Å². The number of anilines is 2. The van der Waals surface area contributed by atoms with Crippen molar-refractivity contribution in [2.24, 2.45) is 0 Å². The minimum absolute atomic E-state index is 0.0147. The quantitative estimate of drug-likeness (QED) is 0.411. The van der Waals surface area contributed by atoms with Crippen LogP contribution in [0.1, 0.15) is 10.4 Å². The van der Waals surface area contributed by atoms with Crippen molar-refractivity contribution in [3.05, 3.63) is 62.1 Å². The molecule has 1 aliphatic heterocycles. The van der Waals surface area contributed by atoms with Gasteiger partial charge in [0.05, 0.1) is 28.8 Å². The van der Waals surface area contributed by atoms with Crippen molar-refractivity contribution >= 4 is 63.5 Å². The number of nitro benzene ring substituents is 1. The third-order valence-corrected chi connectivity index (χ3v) is 4.96. The number of rotatable bonds is 4. The van der Waals surface area contributed by atoms with Gasteiger partial charge in [-0.25, -0.2) is 0 Å². The van der Waals surface area contributed by atoms with E-state index in [1.54, 1.807) is 24.3 Å². The zero-order chi connectivity index (χ0) is 21.0. The van der Waals surface area contributed by atoms with Crippen LogP contribution >= 0.6 is 35.4 Å². The number of morpholine rings is 1. The van der Waals surface area contributed by atoms with Crippen molar-refractivity contribution in [1.29, 1.82) is 0 Å². The Balaban J connectivity index is 1.74. The highest BCUT2D eigenvalue weighted by Gasteiger charge is 2.23. The van der Waals surface area contributed by atoms with E-state index in [-0.39, 0.29) is 16.4 Å². The van der Waals surface area contributed by atoms with Crippen LogP contribution in [-0.2, 0) is 4.74 Å². The molecule has 0 saturated carbocycles. The summed E-state index contributed by atoms with van der Waals surface area (Å²) >= 11 is 17.1. The Morgan fingerprint density at radius 2 is 1.90 bits per heavy atom. The number of thiocarbonyl (C=S) groups is 1. The summed E-state index contributed by atoms with van der Waals surface area (Å²) < 4.78 is 5.28. The average Bonchev–Trinajstić information content (AvgIpc) is 2.70. The van der Waals surface area contributed by atoms with Gasteiger partial charge in [0, 0.05) is 29.7 Å². The van der Waals surface area contributed by atoms with E-state index in [1.807, 2.05) is 4.90 Å². The molecule has 29 heavy (non-hydrogen) atoms.